The highest BCUT2D eigenvalue weighted by Gasteiger charge is 2.10. The van der Waals surface area contributed by atoms with E-state index in [0.717, 1.165) is 37.2 Å². The Bertz CT molecular complexity index is 832. The van der Waals surface area contributed by atoms with Gasteiger partial charge in [-0.3, -0.25) is 4.68 Å². The molecule has 1 heterocycles. The molecule has 0 radical (unpaired) electrons. The van der Waals surface area contributed by atoms with Crippen LogP contribution < -0.4 is 5.32 Å². The Morgan fingerprint density at radius 3 is 2.46 bits per heavy atom. The molecule has 0 atom stereocenters. The average molecular weight is 344 g/mol. The van der Waals surface area contributed by atoms with Gasteiger partial charge in [-0.25, -0.2) is 0 Å². The maximum atomic E-state index is 8.81. The number of nitrogens with one attached hydrogen (secondary N) is 1. The van der Waals surface area contributed by atoms with Crippen molar-refractivity contribution in [1.29, 1.82) is 5.26 Å². The summed E-state index contributed by atoms with van der Waals surface area (Å²) in [6.45, 7) is 2.38. The van der Waals surface area contributed by atoms with Crippen LogP contribution in [0.25, 0.3) is 11.3 Å². The second kappa shape index (κ2) is 9.55. The van der Waals surface area contributed by atoms with Crippen molar-refractivity contribution >= 4 is 0 Å². The van der Waals surface area contributed by atoms with Crippen LogP contribution in [0.5, 0.6) is 0 Å². The van der Waals surface area contributed by atoms with Crippen LogP contribution in [-0.4, -0.2) is 16.3 Å². The van der Waals surface area contributed by atoms with E-state index in [0.29, 0.717) is 13.0 Å². The van der Waals surface area contributed by atoms with Gasteiger partial charge in [0.15, 0.2) is 0 Å². The second-order valence-electron chi connectivity index (χ2n) is 6.31. The summed E-state index contributed by atoms with van der Waals surface area (Å²) in [6, 6.07) is 23.0. The zero-order valence-corrected chi connectivity index (χ0v) is 14.9. The lowest BCUT2D eigenvalue weighted by Gasteiger charge is -2.06. The summed E-state index contributed by atoms with van der Waals surface area (Å²) in [6.07, 6.45) is 4.72. The Kier molecular flexibility index (Phi) is 6.58. The van der Waals surface area contributed by atoms with Gasteiger partial charge in [0.25, 0.3) is 0 Å². The molecule has 1 aromatic heterocycles. The predicted octanol–water partition coefficient (Wildman–Crippen LogP) is 4.19. The molecule has 0 aliphatic carbocycles. The number of rotatable bonds is 9. The summed E-state index contributed by atoms with van der Waals surface area (Å²) in [5.41, 5.74) is 4.67. The van der Waals surface area contributed by atoms with Gasteiger partial charge in [-0.2, -0.15) is 10.4 Å². The van der Waals surface area contributed by atoms with E-state index in [4.69, 9.17) is 10.4 Å². The molecule has 4 nitrogen and oxygen atoms in total. The molecule has 0 aliphatic rings. The van der Waals surface area contributed by atoms with Gasteiger partial charge in [-0.05, 0) is 24.9 Å². The van der Waals surface area contributed by atoms with Crippen molar-refractivity contribution in [3.8, 4) is 17.3 Å². The van der Waals surface area contributed by atoms with Crippen molar-refractivity contribution in [3.05, 3.63) is 78.0 Å². The van der Waals surface area contributed by atoms with E-state index in [1.807, 2.05) is 22.9 Å². The molecule has 0 saturated carbocycles. The van der Waals surface area contributed by atoms with E-state index in [1.54, 1.807) is 0 Å². The molecule has 0 fully saturated rings. The van der Waals surface area contributed by atoms with E-state index in [2.05, 4.69) is 60.0 Å². The molecular weight excluding hydrogens is 320 g/mol. The molecule has 0 unspecified atom stereocenters. The van der Waals surface area contributed by atoms with Crippen LogP contribution in [0, 0.1) is 11.3 Å². The molecular formula is C22H24N4. The summed E-state index contributed by atoms with van der Waals surface area (Å²) in [5, 5.41) is 17.0. The second-order valence-corrected chi connectivity index (χ2v) is 6.31. The van der Waals surface area contributed by atoms with Gasteiger partial charge in [0.05, 0.1) is 24.7 Å². The summed E-state index contributed by atoms with van der Waals surface area (Å²) < 4.78 is 1.88. The maximum Gasteiger partial charge on any atom is 0.0968 e. The van der Waals surface area contributed by atoms with Gasteiger partial charge in [-0.15, -0.1) is 0 Å². The summed E-state index contributed by atoms with van der Waals surface area (Å²) in [7, 11) is 0. The predicted molar refractivity (Wildman–Crippen MR) is 104 cm³/mol. The van der Waals surface area contributed by atoms with Gasteiger partial charge in [0, 0.05) is 23.9 Å². The number of aromatic nitrogens is 2. The number of hydrogen-bond acceptors (Lipinski definition) is 3. The Balaban J connectivity index is 1.59. The average Bonchev–Trinajstić information content (AvgIpc) is 3.10. The third-order valence-corrected chi connectivity index (χ3v) is 4.31. The molecule has 0 spiro atoms. The molecule has 3 rings (SSSR count). The van der Waals surface area contributed by atoms with Crippen molar-refractivity contribution in [1.82, 2.24) is 15.1 Å². The van der Waals surface area contributed by atoms with Gasteiger partial charge in [0.1, 0.15) is 0 Å². The molecule has 1 N–H and O–H groups in total. The Labute approximate surface area is 155 Å². The van der Waals surface area contributed by atoms with E-state index in [-0.39, 0.29) is 0 Å². The van der Waals surface area contributed by atoms with Crippen molar-refractivity contribution in [3.63, 3.8) is 0 Å². The molecule has 2 aromatic carbocycles. The molecule has 0 saturated heterocycles. The van der Waals surface area contributed by atoms with Crippen LogP contribution in [0.1, 0.15) is 24.0 Å². The number of hydrogen-bond donors (Lipinski definition) is 1. The Morgan fingerprint density at radius 1 is 1.00 bits per heavy atom. The van der Waals surface area contributed by atoms with Crippen LogP contribution in [0.3, 0.4) is 0 Å². The largest absolute Gasteiger partial charge is 0.313 e. The first kappa shape index (κ1) is 17.9. The topological polar surface area (TPSA) is 53.6 Å². The highest BCUT2D eigenvalue weighted by Crippen LogP contribution is 2.22. The minimum absolute atomic E-state index is 0.472. The van der Waals surface area contributed by atoms with Crippen molar-refractivity contribution in [2.45, 2.75) is 32.4 Å². The highest BCUT2D eigenvalue weighted by atomic mass is 15.3. The van der Waals surface area contributed by atoms with Crippen molar-refractivity contribution < 1.29 is 0 Å². The number of benzene rings is 2. The van der Waals surface area contributed by atoms with Gasteiger partial charge in [-0.1, -0.05) is 60.7 Å². The summed E-state index contributed by atoms with van der Waals surface area (Å²) in [5.74, 6) is 0. The van der Waals surface area contributed by atoms with Gasteiger partial charge < -0.3 is 5.32 Å². The Hall–Kier alpha value is -2.90. The lowest BCUT2D eigenvalue weighted by molar-refractivity contribution is 0.624. The molecule has 4 heteroatoms. The van der Waals surface area contributed by atoms with Crippen molar-refractivity contribution in [2.24, 2.45) is 0 Å². The fourth-order valence-corrected chi connectivity index (χ4v) is 3.00. The first-order chi connectivity index (χ1) is 12.9. The van der Waals surface area contributed by atoms with E-state index < -0.39 is 0 Å². The normalized spacial score (nSPS) is 10.6. The molecule has 26 heavy (non-hydrogen) atoms. The SMILES string of the molecule is N#CCCn1cc(CNCCCc2ccccc2)c(-c2ccccc2)n1. The van der Waals surface area contributed by atoms with Crippen LogP contribution in [0.15, 0.2) is 66.9 Å². The quantitative estimate of drug-likeness (QED) is 0.592. The molecule has 0 bridgehead atoms. The molecule has 132 valence electrons. The number of aryl methyl sites for hydroxylation is 2. The molecule has 3 aromatic rings. The fraction of sp³-hybridized carbons (Fsp3) is 0.273. The Morgan fingerprint density at radius 2 is 1.73 bits per heavy atom. The maximum absolute atomic E-state index is 8.81. The first-order valence-corrected chi connectivity index (χ1v) is 9.10. The van der Waals surface area contributed by atoms with Gasteiger partial charge >= 0.3 is 0 Å². The molecule has 0 aliphatic heterocycles. The van der Waals surface area contributed by atoms with E-state index >= 15 is 0 Å². The standard InChI is InChI=1S/C22H24N4/c23-14-8-16-26-18-21(22(25-26)20-12-5-2-6-13-20)17-24-15-7-11-19-9-3-1-4-10-19/h1-6,9-10,12-13,18,24H,7-8,11,15-17H2. The van der Waals surface area contributed by atoms with E-state index in [1.165, 1.54) is 11.1 Å². The van der Waals surface area contributed by atoms with Gasteiger partial charge in [0.2, 0.25) is 0 Å². The van der Waals surface area contributed by atoms with Crippen LogP contribution in [0.2, 0.25) is 0 Å². The van der Waals surface area contributed by atoms with Crippen molar-refractivity contribution in [2.75, 3.05) is 6.54 Å². The molecule has 0 amide bonds. The summed E-state index contributed by atoms with van der Waals surface area (Å²) in [4.78, 5) is 0. The summed E-state index contributed by atoms with van der Waals surface area (Å²) >= 11 is 0. The lowest BCUT2D eigenvalue weighted by atomic mass is 10.1. The van der Waals surface area contributed by atoms with Crippen LogP contribution in [0.4, 0.5) is 0 Å². The van der Waals surface area contributed by atoms with Crippen LogP contribution in [-0.2, 0) is 19.5 Å². The zero-order chi connectivity index (χ0) is 18.0. The van der Waals surface area contributed by atoms with E-state index in [9.17, 15) is 0 Å². The lowest BCUT2D eigenvalue weighted by Crippen LogP contribution is -2.15. The number of nitriles is 1. The minimum atomic E-state index is 0.472. The fourth-order valence-electron chi connectivity index (χ4n) is 3.00. The monoisotopic (exact) mass is 344 g/mol. The first-order valence-electron chi connectivity index (χ1n) is 9.10. The van der Waals surface area contributed by atoms with Crippen LogP contribution >= 0.6 is 0 Å². The number of nitrogens with zero attached hydrogens (tertiary/aromatic N) is 3. The third kappa shape index (κ3) is 5.05. The third-order valence-electron chi connectivity index (χ3n) is 4.31. The zero-order valence-electron chi connectivity index (χ0n) is 14.9. The highest BCUT2D eigenvalue weighted by molar-refractivity contribution is 5.62. The smallest absolute Gasteiger partial charge is 0.0968 e. The minimum Gasteiger partial charge on any atom is -0.313 e.